The number of urea groups is 1. The zero-order valence-electron chi connectivity index (χ0n) is 7.43. The van der Waals surface area contributed by atoms with Gasteiger partial charge in [0, 0.05) is 13.6 Å². The molecule has 0 saturated carbocycles. The van der Waals surface area contributed by atoms with Crippen LogP contribution in [-0.4, -0.2) is 46.7 Å². The summed E-state index contributed by atoms with van der Waals surface area (Å²) < 4.78 is 0. The average molecular weight is 187 g/mol. The summed E-state index contributed by atoms with van der Waals surface area (Å²) in [5.41, 5.74) is 0. The monoisotopic (exact) mass is 187 g/mol. The quantitative estimate of drug-likeness (QED) is 0.328. The lowest BCUT2D eigenvalue weighted by Gasteiger charge is -2.24. The zero-order chi connectivity index (χ0) is 10.0. The molecule has 1 saturated heterocycles. The van der Waals surface area contributed by atoms with E-state index in [1.807, 2.05) is 0 Å². The molecule has 6 nitrogen and oxygen atoms in total. The van der Waals surface area contributed by atoms with Gasteiger partial charge in [0.15, 0.2) is 0 Å². The van der Waals surface area contributed by atoms with Gasteiger partial charge in [-0.1, -0.05) is 0 Å². The average Bonchev–Trinajstić information content (AvgIpc) is 2.50. The van der Waals surface area contributed by atoms with Crippen LogP contribution in [-0.2, 0) is 4.79 Å². The number of rotatable bonds is 1. The summed E-state index contributed by atoms with van der Waals surface area (Å²) in [6.45, 7) is 0.470. The minimum Gasteiger partial charge on any atom is -0.480 e. The maximum Gasteiger partial charge on any atom is 0.334 e. The fraction of sp³-hybridized carbons (Fsp3) is 0.714. The number of nitrogens with two attached hydrogens (primary N) is 1. The third-order valence-corrected chi connectivity index (χ3v) is 2.09. The Morgan fingerprint density at radius 3 is 2.69 bits per heavy atom. The van der Waals surface area contributed by atoms with E-state index in [1.165, 1.54) is 11.9 Å². The number of nitrogens with zero attached hydrogens (tertiary/aromatic N) is 2. The summed E-state index contributed by atoms with van der Waals surface area (Å²) in [7, 11) is 1.40. The smallest absolute Gasteiger partial charge is 0.334 e. The van der Waals surface area contributed by atoms with Gasteiger partial charge < -0.3 is 10.0 Å². The highest BCUT2D eigenvalue weighted by Gasteiger charge is 2.34. The van der Waals surface area contributed by atoms with Crippen LogP contribution in [0.15, 0.2) is 0 Å². The third-order valence-electron chi connectivity index (χ3n) is 2.09. The van der Waals surface area contributed by atoms with E-state index in [9.17, 15) is 9.59 Å². The number of carboxylic acids is 1. The van der Waals surface area contributed by atoms with Crippen LogP contribution < -0.4 is 5.84 Å². The Kier molecular flexibility index (Phi) is 2.72. The minimum atomic E-state index is -0.965. The summed E-state index contributed by atoms with van der Waals surface area (Å²) in [4.78, 5) is 23.3. The first kappa shape index (κ1) is 9.79. The van der Waals surface area contributed by atoms with Crippen LogP contribution in [0.1, 0.15) is 12.8 Å². The molecule has 0 aromatic carbocycles. The minimum absolute atomic E-state index is 0.440. The normalized spacial score (nSPS) is 21.7. The van der Waals surface area contributed by atoms with Crippen LogP contribution in [0.25, 0.3) is 0 Å². The van der Waals surface area contributed by atoms with Crippen molar-refractivity contribution in [1.82, 2.24) is 9.91 Å². The van der Waals surface area contributed by atoms with E-state index in [0.29, 0.717) is 13.0 Å². The molecular formula is C7H13N3O3. The summed E-state index contributed by atoms with van der Waals surface area (Å²) in [5, 5.41) is 9.67. The van der Waals surface area contributed by atoms with Gasteiger partial charge in [-0.15, -0.1) is 0 Å². The Labute approximate surface area is 75.9 Å². The lowest BCUT2D eigenvalue weighted by atomic mass is 10.2. The van der Waals surface area contributed by atoms with Crippen molar-refractivity contribution in [3.63, 3.8) is 0 Å². The van der Waals surface area contributed by atoms with Gasteiger partial charge in [-0.25, -0.2) is 15.4 Å². The predicted octanol–water partition coefficient (Wildman–Crippen LogP) is -0.539. The predicted molar refractivity (Wildman–Crippen MR) is 44.7 cm³/mol. The van der Waals surface area contributed by atoms with Gasteiger partial charge in [-0.2, -0.15) is 0 Å². The SMILES string of the molecule is CN(N)C(=O)N1CCC[C@H]1C(=O)O. The highest BCUT2D eigenvalue weighted by Crippen LogP contribution is 2.17. The van der Waals surface area contributed by atoms with E-state index < -0.39 is 18.0 Å². The Hall–Kier alpha value is -1.30. The van der Waals surface area contributed by atoms with Crippen LogP contribution in [0.3, 0.4) is 0 Å². The van der Waals surface area contributed by atoms with Crippen molar-refractivity contribution in [2.75, 3.05) is 13.6 Å². The molecule has 3 N–H and O–H groups in total. The van der Waals surface area contributed by atoms with Crippen molar-refractivity contribution < 1.29 is 14.7 Å². The number of carbonyl (C=O) groups excluding carboxylic acids is 1. The number of aliphatic carboxylic acids is 1. The zero-order valence-corrected chi connectivity index (χ0v) is 7.43. The Balaban J connectivity index is 2.68. The molecule has 0 unspecified atom stereocenters. The second-order valence-corrected chi connectivity index (χ2v) is 3.08. The number of amides is 2. The molecule has 1 aliphatic heterocycles. The first-order valence-electron chi connectivity index (χ1n) is 4.06. The van der Waals surface area contributed by atoms with Crippen LogP contribution in [0.2, 0.25) is 0 Å². The Morgan fingerprint density at radius 2 is 2.23 bits per heavy atom. The summed E-state index contributed by atoms with van der Waals surface area (Å²) in [6.07, 6.45) is 1.23. The van der Waals surface area contributed by atoms with E-state index in [0.717, 1.165) is 11.4 Å². The standard InChI is InChI=1S/C7H13N3O3/c1-9(8)7(13)10-4-2-3-5(10)6(11)12/h5H,2-4,8H2,1H3,(H,11,12)/t5-/m0/s1. The van der Waals surface area contributed by atoms with E-state index in [1.54, 1.807) is 0 Å². The molecule has 0 bridgehead atoms. The summed E-state index contributed by atoms with van der Waals surface area (Å²) in [6, 6.07) is -1.15. The molecule has 1 heterocycles. The number of hydrogen-bond donors (Lipinski definition) is 2. The van der Waals surface area contributed by atoms with Crippen LogP contribution in [0, 0.1) is 0 Å². The van der Waals surface area contributed by atoms with Crippen molar-refractivity contribution >= 4 is 12.0 Å². The van der Waals surface area contributed by atoms with Crippen LogP contribution in [0.4, 0.5) is 4.79 Å². The lowest BCUT2D eigenvalue weighted by molar-refractivity contribution is -0.141. The number of hydrazine groups is 1. The molecule has 74 valence electrons. The fourth-order valence-corrected chi connectivity index (χ4v) is 1.46. The molecule has 1 aliphatic rings. The van der Waals surface area contributed by atoms with E-state index in [4.69, 9.17) is 10.9 Å². The number of carboxylic acid groups (broad SMARTS) is 1. The van der Waals surface area contributed by atoms with Gasteiger partial charge in [-0.05, 0) is 12.8 Å². The highest BCUT2D eigenvalue weighted by atomic mass is 16.4. The van der Waals surface area contributed by atoms with Gasteiger partial charge >= 0.3 is 12.0 Å². The van der Waals surface area contributed by atoms with Gasteiger partial charge in [0.25, 0.3) is 0 Å². The van der Waals surface area contributed by atoms with Crippen LogP contribution >= 0.6 is 0 Å². The second-order valence-electron chi connectivity index (χ2n) is 3.08. The number of carbonyl (C=O) groups is 2. The van der Waals surface area contributed by atoms with Crippen molar-refractivity contribution in [3.8, 4) is 0 Å². The van der Waals surface area contributed by atoms with Crippen molar-refractivity contribution in [3.05, 3.63) is 0 Å². The second kappa shape index (κ2) is 3.61. The Bertz CT molecular complexity index is 229. The first-order chi connectivity index (χ1) is 6.04. The molecular weight excluding hydrogens is 174 g/mol. The molecule has 1 atom stereocenters. The first-order valence-corrected chi connectivity index (χ1v) is 4.06. The topological polar surface area (TPSA) is 86.9 Å². The molecule has 0 radical (unpaired) electrons. The Morgan fingerprint density at radius 1 is 1.62 bits per heavy atom. The van der Waals surface area contributed by atoms with Gasteiger partial charge in [0.2, 0.25) is 0 Å². The van der Waals surface area contributed by atoms with Crippen molar-refractivity contribution in [2.24, 2.45) is 5.84 Å². The van der Waals surface area contributed by atoms with Gasteiger partial charge in [0.05, 0.1) is 0 Å². The maximum atomic E-state index is 11.3. The number of hydrogen-bond acceptors (Lipinski definition) is 3. The molecule has 0 aliphatic carbocycles. The molecule has 2 amide bonds. The summed E-state index contributed by atoms with van der Waals surface area (Å²) in [5.74, 6) is 4.26. The highest BCUT2D eigenvalue weighted by molar-refractivity contribution is 5.82. The number of likely N-dealkylation sites (tertiary alicyclic amines) is 1. The van der Waals surface area contributed by atoms with Crippen LogP contribution in [0.5, 0.6) is 0 Å². The van der Waals surface area contributed by atoms with Crippen molar-refractivity contribution in [1.29, 1.82) is 0 Å². The lowest BCUT2D eigenvalue weighted by Crippen LogP contribution is -2.49. The molecule has 13 heavy (non-hydrogen) atoms. The van der Waals surface area contributed by atoms with Gasteiger partial charge in [-0.3, -0.25) is 5.01 Å². The van der Waals surface area contributed by atoms with E-state index in [2.05, 4.69) is 0 Å². The maximum absolute atomic E-state index is 11.3. The third kappa shape index (κ3) is 1.89. The molecule has 1 rings (SSSR count). The van der Waals surface area contributed by atoms with E-state index in [-0.39, 0.29) is 0 Å². The molecule has 0 aromatic rings. The fourth-order valence-electron chi connectivity index (χ4n) is 1.46. The largest absolute Gasteiger partial charge is 0.480 e. The molecule has 0 aromatic heterocycles. The molecule has 6 heteroatoms. The van der Waals surface area contributed by atoms with Crippen molar-refractivity contribution in [2.45, 2.75) is 18.9 Å². The molecule has 0 spiro atoms. The van der Waals surface area contributed by atoms with Gasteiger partial charge in [0.1, 0.15) is 6.04 Å². The molecule has 1 fully saturated rings. The van der Waals surface area contributed by atoms with E-state index >= 15 is 0 Å². The summed E-state index contributed by atoms with van der Waals surface area (Å²) >= 11 is 0.